The van der Waals surface area contributed by atoms with Crippen LogP contribution in [-0.2, 0) is 4.79 Å². The van der Waals surface area contributed by atoms with Gasteiger partial charge in [-0.1, -0.05) is 41.6 Å². The molecule has 0 radical (unpaired) electrons. The molecule has 0 aliphatic rings. The molecule has 0 saturated heterocycles. The first-order valence-electron chi connectivity index (χ1n) is 10.1. The number of rotatable bonds is 7. The number of ketones is 1. The quantitative estimate of drug-likeness (QED) is 0.290. The maximum absolute atomic E-state index is 12.6. The average molecular weight is 478 g/mol. The third-order valence-electron chi connectivity index (χ3n) is 4.94. The molecule has 4 aromatic rings. The van der Waals surface area contributed by atoms with E-state index in [0.717, 1.165) is 16.8 Å². The van der Waals surface area contributed by atoms with Crippen LogP contribution in [0, 0.1) is 6.92 Å². The molecule has 2 heterocycles. The summed E-state index contributed by atoms with van der Waals surface area (Å²) in [6, 6.07) is 16.2. The van der Waals surface area contributed by atoms with Gasteiger partial charge in [0.25, 0.3) is 0 Å². The van der Waals surface area contributed by atoms with Gasteiger partial charge in [-0.25, -0.2) is 0 Å². The van der Waals surface area contributed by atoms with Crippen LogP contribution in [0.3, 0.4) is 0 Å². The first-order chi connectivity index (χ1) is 15.9. The lowest BCUT2D eigenvalue weighted by atomic mass is 10.1. The summed E-state index contributed by atoms with van der Waals surface area (Å²) in [6.45, 7) is 3.42. The average Bonchev–Trinajstić information content (AvgIpc) is 3.24. The van der Waals surface area contributed by atoms with Crippen molar-refractivity contribution < 1.29 is 9.59 Å². The Morgan fingerprint density at radius 2 is 1.82 bits per heavy atom. The van der Waals surface area contributed by atoms with E-state index < -0.39 is 0 Å². The molecule has 0 aliphatic carbocycles. The predicted octanol–water partition coefficient (Wildman–Crippen LogP) is 5.22. The standard InChI is InChI=1S/C24H20ClN5O2S/c1-15-20(25)7-4-8-21(15)30-23(17-9-11-26-12-10-17)28-29-24(30)33-14-22(32)27-19-6-3-5-18(13-19)16(2)31/h3-13H,14H2,1-2H3,(H,27,32). The summed E-state index contributed by atoms with van der Waals surface area (Å²) < 4.78 is 1.89. The van der Waals surface area contributed by atoms with Gasteiger partial charge in [0.15, 0.2) is 16.8 Å². The molecule has 0 bridgehead atoms. The number of benzene rings is 2. The molecule has 2 aromatic carbocycles. The highest BCUT2D eigenvalue weighted by molar-refractivity contribution is 7.99. The molecular weight excluding hydrogens is 458 g/mol. The summed E-state index contributed by atoms with van der Waals surface area (Å²) in [5.74, 6) is 0.454. The molecule has 0 fully saturated rings. The van der Waals surface area contributed by atoms with E-state index in [2.05, 4.69) is 20.5 Å². The van der Waals surface area contributed by atoms with Crippen molar-refractivity contribution in [2.75, 3.05) is 11.1 Å². The number of hydrogen-bond donors (Lipinski definition) is 1. The minimum atomic E-state index is -0.219. The van der Waals surface area contributed by atoms with E-state index in [1.807, 2.05) is 41.8 Å². The van der Waals surface area contributed by atoms with Crippen LogP contribution in [0.1, 0.15) is 22.8 Å². The Morgan fingerprint density at radius 1 is 1.06 bits per heavy atom. The second-order valence-electron chi connectivity index (χ2n) is 7.24. The van der Waals surface area contributed by atoms with Crippen LogP contribution in [0.5, 0.6) is 0 Å². The van der Waals surface area contributed by atoms with Crippen molar-refractivity contribution in [3.8, 4) is 17.1 Å². The number of carbonyl (C=O) groups is 2. The highest BCUT2D eigenvalue weighted by atomic mass is 35.5. The fourth-order valence-corrected chi connectivity index (χ4v) is 4.16. The van der Waals surface area contributed by atoms with E-state index in [4.69, 9.17) is 11.6 Å². The molecule has 166 valence electrons. The number of halogens is 1. The maximum atomic E-state index is 12.6. The van der Waals surface area contributed by atoms with Gasteiger partial charge in [-0.05, 0) is 55.8 Å². The molecule has 0 spiro atoms. The smallest absolute Gasteiger partial charge is 0.234 e. The normalized spacial score (nSPS) is 10.8. The fourth-order valence-electron chi connectivity index (χ4n) is 3.25. The number of aromatic nitrogens is 4. The molecular formula is C24H20ClN5O2S. The third-order valence-corrected chi connectivity index (χ3v) is 6.28. The van der Waals surface area contributed by atoms with Gasteiger partial charge in [-0.15, -0.1) is 10.2 Å². The number of nitrogens with zero attached hydrogens (tertiary/aromatic N) is 4. The molecule has 33 heavy (non-hydrogen) atoms. The summed E-state index contributed by atoms with van der Waals surface area (Å²) in [5, 5.41) is 12.7. The SMILES string of the molecule is CC(=O)c1cccc(NC(=O)CSc2nnc(-c3ccncc3)n2-c2cccc(Cl)c2C)c1. The van der Waals surface area contributed by atoms with Crippen LogP contribution in [-0.4, -0.2) is 37.2 Å². The number of nitrogens with one attached hydrogen (secondary N) is 1. The number of carbonyl (C=O) groups excluding carboxylic acids is 2. The van der Waals surface area contributed by atoms with Crippen molar-refractivity contribution in [2.45, 2.75) is 19.0 Å². The topological polar surface area (TPSA) is 89.8 Å². The number of thioether (sulfide) groups is 1. The molecule has 1 amide bonds. The molecule has 0 unspecified atom stereocenters. The van der Waals surface area contributed by atoms with Gasteiger partial charge >= 0.3 is 0 Å². The van der Waals surface area contributed by atoms with Gasteiger partial charge < -0.3 is 5.32 Å². The Morgan fingerprint density at radius 3 is 2.58 bits per heavy atom. The van der Waals surface area contributed by atoms with E-state index in [1.165, 1.54) is 18.7 Å². The molecule has 9 heteroatoms. The molecule has 1 N–H and O–H groups in total. The van der Waals surface area contributed by atoms with Crippen LogP contribution in [0.4, 0.5) is 5.69 Å². The van der Waals surface area contributed by atoms with Crippen molar-refractivity contribution in [3.63, 3.8) is 0 Å². The van der Waals surface area contributed by atoms with Crippen molar-refractivity contribution in [3.05, 3.63) is 83.1 Å². The predicted molar refractivity (Wildman–Crippen MR) is 130 cm³/mol. The van der Waals surface area contributed by atoms with Crippen molar-refractivity contribution in [2.24, 2.45) is 0 Å². The minimum Gasteiger partial charge on any atom is -0.325 e. The van der Waals surface area contributed by atoms with Crippen molar-refractivity contribution in [1.82, 2.24) is 19.7 Å². The molecule has 0 atom stereocenters. The van der Waals surface area contributed by atoms with Gasteiger partial charge in [0, 0.05) is 34.2 Å². The maximum Gasteiger partial charge on any atom is 0.234 e. The second-order valence-corrected chi connectivity index (χ2v) is 8.58. The van der Waals surface area contributed by atoms with Crippen LogP contribution in [0.2, 0.25) is 5.02 Å². The van der Waals surface area contributed by atoms with E-state index in [9.17, 15) is 9.59 Å². The van der Waals surface area contributed by atoms with Crippen LogP contribution in [0.15, 0.2) is 72.1 Å². The number of anilines is 1. The van der Waals surface area contributed by atoms with Crippen LogP contribution < -0.4 is 5.32 Å². The van der Waals surface area contributed by atoms with E-state index in [1.54, 1.807) is 36.7 Å². The Bertz CT molecular complexity index is 1320. The highest BCUT2D eigenvalue weighted by Gasteiger charge is 2.19. The van der Waals surface area contributed by atoms with Gasteiger partial charge in [-0.2, -0.15) is 0 Å². The lowest BCUT2D eigenvalue weighted by Gasteiger charge is -2.14. The largest absolute Gasteiger partial charge is 0.325 e. The number of Topliss-reactive ketones (excluding diaryl/α,β-unsaturated/α-hetero) is 1. The van der Waals surface area contributed by atoms with Gasteiger partial charge in [0.1, 0.15) is 0 Å². The monoisotopic (exact) mass is 477 g/mol. The van der Waals surface area contributed by atoms with E-state index >= 15 is 0 Å². The van der Waals surface area contributed by atoms with Gasteiger partial charge in [0.05, 0.1) is 11.4 Å². The Hall–Kier alpha value is -3.49. The zero-order chi connectivity index (χ0) is 23.4. The molecule has 2 aromatic heterocycles. The van der Waals surface area contributed by atoms with Crippen LogP contribution >= 0.6 is 23.4 Å². The van der Waals surface area contributed by atoms with Gasteiger partial charge in [-0.3, -0.25) is 19.1 Å². The first kappa shape index (κ1) is 22.7. The molecule has 7 nitrogen and oxygen atoms in total. The number of hydrogen-bond acceptors (Lipinski definition) is 6. The summed E-state index contributed by atoms with van der Waals surface area (Å²) >= 11 is 7.64. The minimum absolute atomic E-state index is 0.0610. The van der Waals surface area contributed by atoms with E-state index in [-0.39, 0.29) is 17.4 Å². The first-order valence-corrected chi connectivity index (χ1v) is 11.5. The Kier molecular flexibility index (Phi) is 6.86. The molecule has 4 rings (SSSR count). The Labute approximate surface area is 200 Å². The zero-order valence-electron chi connectivity index (χ0n) is 17.9. The molecule has 0 saturated carbocycles. The molecule has 0 aliphatic heterocycles. The summed E-state index contributed by atoms with van der Waals surface area (Å²) in [4.78, 5) is 28.3. The lowest BCUT2D eigenvalue weighted by molar-refractivity contribution is -0.113. The Balaban J connectivity index is 1.61. The second kappa shape index (κ2) is 9.97. The van der Waals surface area contributed by atoms with E-state index in [0.29, 0.717) is 27.3 Å². The van der Waals surface area contributed by atoms with Crippen molar-refractivity contribution >= 4 is 40.7 Å². The lowest BCUT2D eigenvalue weighted by Crippen LogP contribution is -2.15. The zero-order valence-corrected chi connectivity index (χ0v) is 19.5. The number of amides is 1. The van der Waals surface area contributed by atoms with Crippen molar-refractivity contribution in [1.29, 1.82) is 0 Å². The van der Waals surface area contributed by atoms with Gasteiger partial charge in [0.2, 0.25) is 5.91 Å². The summed E-state index contributed by atoms with van der Waals surface area (Å²) in [7, 11) is 0. The summed E-state index contributed by atoms with van der Waals surface area (Å²) in [6.07, 6.45) is 3.38. The highest BCUT2D eigenvalue weighted by Crippen LogP contribution is 2.31. The fraction of sp³-hybridized carbons (Fsp3) is 0.125. The summed E-state index contributed by atoms with van der Waals surface area (Å²) in [5.41, 5.74) is 3.66. The third kappa shape index (κ3) is 5.13. The van der Waals surface area contributed by atoms with Crippen LogP contribution in [0.25, 0.3) is 17.1 Å². The number of pyridine rings is 1.